The summed E-state index contributed by atoms with van der Waals surface area (Å²) in [4.78, 5) is 38.0. The molecule has 0 heterocycles. The molecule has 32 heavy (non-hydrogen) atoms. The monoisotopic (exact) mass is 439 g/mol. The van der Waals surface area contributed by atoms with Gasteiger partial charge in [0.2, 0.25) is 11.7 Å². The van der Waals surface area contributed by atoms with Crippen molar-refractivity contribution in [3.8, 4) is 17.6 Å². The molecule has 0 radical (unpaired) electrons. The summed E-state index contributed by atoms with van der Waals surface area (Å²) < 4.78 is 0. The van der Waals surface area contributed by atoms with Crippen molar-refractivity contribution in [1.82, 2.24) is 0 Å². The average Bonchev–Trinajstić information content (AvgIpc) is 2.72. The largest absolute Gasteiger partial charge is 0.507 e. The second kappa shape index (κ2) is 7.76. The van der Waals surface area contributed by atoms with Gasteiger partial charge in [-0.1, -0.05) is 18.8 Å². The van der Waals surface area contributed by atoms with Crippen LogP contribution in [0.4, 0.5) is 0 Å². The highest BCUT2D eigenvalue weighted by Crippen LogP contribution is 2.51. The lowest BCUT2D eigenvalue weighted by Gasteiger charge is -2.48. The van der Waals surface area contributed by atoms with Gasteiger partial charge in [0, 0.05) is 23.5 Å². The minimum atomic E-state index is -2.57. The highest BCUT2D eigenvalue weighted by atomic mass is 16.3. The van der Waals surface area contributed by atoms with Gasteiger partial charge in [0.25, 0.3) is 0 Å². The lowest BCUT2D eigenvalue weighted by Crippen LogP contribution is -2.66. The van der Waals surface area contributed by atoms with E-state index >= 15 is 0 Å². The molecule has 1 aromatic carbocycles. The number of aliphatic hydroxyl groups is 3. The predicted molar refractivity (Wildman–Crippen MR) is 113 cm³/mol. The molecule has 8 nitrogen and oxygen atoms in total. The Morgan fingerprint density at radius 3 is 2.62 bits per heavy atom. The third kappa shape index (κ3) is 3.04. The Kier molecular flexibility index (Phi) is 5.35. The van der Waals surface area contributed by atoms with Crippen LogP contribution in [-0.2, 0) is 20.8 Å². The van der Waals surface area contributed by atoms with Gasteiger partial charge in [-0.15, -0.1) is 0 Å². The van der Waals surface area contributed by atoms with Gasteiger partial charge in [-0.05, 0) is 49.3 Å². The topological polar surface area (TPSA) is 158 Å². The van der Waals surface area contributed by atoms with Crippen LogP contribution in [0.25, 0.3) is 5.76 Å². The molecule has 0 aromatic heterocycles. The summed E-state index contributed by atoms with van der Waals surface area (Å²) in [5.74, 6) is -1.11. The van der Waals surface area contributed by atoms with Gasteiger partial charge in [-0.3, -0.25) is 14.4 Å². The second-order valence-electron chi connectivity index (χ2n) is 8.78. The molecule has 0 spiro atoms. The van der Waals surface area contributed by atoms with Crippen molar-refractivity contribution in [3.63, 3.8) is 0 Å². The van der Waals surface area contributed by atoms with Crippen LogP contribution in [0.5, 0.6) is 5.75 Å². The van der Waals surface area contributed by atoms with E-state index in [2.05, 4.69) is 11.8 Å². The molecule has 5 atom stereocenters. The summed E-state index contributed by atoms with van der Waals surface area (Å²) in [5.41, 5.74) is 3.79. The Balaban J connectivity index is 1.85. The highest BCUT2D eigenvalue weighted by Gasteiger charge is 2.63. The maximum absolute atomic E-state index is 13.4. The fourth-order valence-electron chi connectivity index (χ4n) is 5.32. The fourth-order valence-corrected chi connectivity index (χ4v) is 5.32. The summed E-state index contributed by atoms with van der Waals surface area (Å²) in [7, 11) is 0. The van der Waals surface area contributed by atoms with Crippen molar-refractivity contribution in [2.45, 2.75) is 50.7 Å². The quantitative estimate of drug-likeness (QED) is 0.336. The molecule has 2 saturated carbocycles. The molecule has 8 heteroatoms. The number of primary amides is 1. The van der Waals surface area contributed by atoms with E-state index in [4.69, 9.17) is 5.73 Å². The number of fused-ring (bicyclic) bond motifs is 3. The van der Waals surface area contributed by atoms with E-state index in [0.29, 0.717) is 17.5 Å². The Hall–Kier alpha value is -3.15. The number of aromatic hydroxyl groups is 1. The summed E-state index contributed by atoms with van der Waals surface area (Å²) in [6.45, 7) is 2.00. The number of nitrogens with two attached hydrogens (primary N) is 1. The van der Waals surface area contributed by atoms with Crippen LogP contribution >= 0.6 is 0 Å². The number of hydrogen-bond donors (Lipinski definition) is 5. The molecule has 2 fully saturated rings. The van der Waals surface area contributed by atoms with Crippen molar-refractivity contribution in [1.29, 1.82) is 0 Å². The number of carbonyl (C=O) groups excluding carboxylic acids is 3. The minimum Gasteiger partial charge on any atom is -0.507 e. The number of Topliss-reactive ketones (excluding diaryl/α,β-unsaturated/α-hetero) is 2. The van der Waals surface area contributed by atoms with Crippen LogP contribution in [0.3, 0.4) is 0 Å². The Labute approximate surface area is 184 Å². The minimum absolute atomic E-state index is 0.0599. The Morgan fingerprint density at radius 2 is 1.97 bits per heavy atom. The number of phenolic OH excluding ortho intramolecular Hbond substituents is 1. The Morgan fingerprint density at radius 1 is 1.25 bits per heavy atom. The molecule has 3 aliphatic rings. The van der Waals surface area contributed by atoms with Crippen LogP contribution in [-0.4, -0.2) is 49.6 Å². The van der Waals surface area contributed by atoms with Crippen molar-refractivity contribution >= 4 is 23.2 Å². The van der Waals surface area contributed by atoms with E-state index in [1.165, 1.54) is 6.07 Å². The molecular weight excluding hydrogens is 414 g/mol. The molecule has 3 aliphatic carbocycles. The standard InChI is InChI=1S/C24H25NO7/c1-2-3-4-5-11-6-7-15(26)18-14(11)9-12-8-13-10-16(27)19(23(25)31)22(30)24(13,32)21(29)17(12)20(18)28/h6-7,12-13,16,19,26-28,32H,2-3,8-10H2,1H3,(H2,25,31)/t12-,13+,16?,19?,24+/m1/s1. The van der Waals surface area contributed by atoms with Crippen molar-refractivity contribution in [3.05, 3.63) is 34.4 Å². The zero-order valence-electron chi connectivity index (χ0n) is 17.6. The summed E-state index contributed by atoms with van der Waals surface area (Å²) in [5, 5.41) is 42.9. The average molecular weight is 439 g/mol. The molecule has 0 aliphatic heterocycles. The number of rotatable bonds is 2. The van der Waals surface area contributed by atoms with Gasteiger partial charge in [-0.2, -0.15) is 0 Å². The van der Waals surface area contributed by atoms with Crippen LogP contribution < -0.4 is 5.73 Å². The fraction of sp³-hybridized carbons (Fsp3) is 0.458. The summed E-state index contributed by atoms with van der Waals surface area (Å²) in [6.07, 6.45) is 0.409. The lowest BCUT2D eigenvalue weighted by molar-refractivity contribution is -0.174. The first-order valence-electron chi connectivity index (χ1n) is 10.7. The maximum atomic E-state index is 13.4. The van der Waals surface area contributed by atoms with Crippen LogP contribution in [0, 0.1) is 29.6 Å². The summed E-state index contributed by atoms with van der Waals surface area (Å²) in [6, 6.07) is 3.03. The predicted octanol–water partition coefficient (Wildman–Crippen LogP) is 0.740. The summed E-state index contributed by atoms with van der Waals surface area (Å²) >= 11 is 0. The zero-order chi connectivity index (χ0) is 23.4. The molecule has 1 amide bonds. The van der Waals surface area contributed by atoms with Crippen LogP contribution in [0.15, 0.2) is 17.7 Å². The van der Waals surface area contributed by atoms with Crippen LogP contribution in [0.1, 0.15) is 49.3 Å². The van der Waals surface area contributed by atoms with E-state index in [9.17, 15) is 34.8 Å². The number of benzene rings is 1. The molecule has 4 rings (SSSR count). The van der Waals surface area contributed by atoms with Crippen molar-refractivity contribution in [2.75, 3.05) is 0 Å². The number of aliphatic hydroxyl groups excluding tert-OH is 2. The highest BCUT2D eigenvalue weighted by molar-refractivity contribution is 6.24. The van der Waals surface area contributed by atoms with Crippen LogP contribution in [0.2, 0.25) is 0 Å². The van der Waals surface area contributed by atoms with Gasteiger partial charge in [0.1, 0.15) is 17.4 Å². The zero-order valence-corrected chi connectivity index (χ0v) is 17.6. The van der Waals surface area contributed by atoms with Crippen molar-refractivity contribution < 1.29 is 34.8 Å². The molecular formula is C24H25NO7. The first-order valence-corrected chi connectivity index (χ1v) is 10.7. The normalized spacial score (nSPS) is 31.2. The third-order valence-electron chi connectivity index (χ3n) is 6.87. The molecule has 1 aromatic rings. The van der Waals surface area contributed by atoms with Gasteiger partial charge in [0.15, 0.2) is 11.4 Å². The van der Waals surface area contributed by atoms with E-state index < -0.39 is 52.7 Å². The number of carbonyl (C=O) groups is 3. The van der Waals surface area contributed by atoms with Crippen molar-refractivity contribution in [2.24, 2.45) is 23.5 Å². The molecule has 0 bridgehead atoms. The lowest BCUT2D eigenvalue weighted by atomic mass is 9.56. The first-order chi connectivity index (χ1) is 15.1. The van der Waals surface area contributed by atoms with E-state index in [1.54, 1.807) is 6.07 Å². The van der Waals surface area contributed by atoms with Gasteiger partial charge in [-0.25, -0.2) is 0 Å². The van der Waals surface area contributed by atoms with Gasteiger partial charge >= 0.3 is 0 Å². The number of hydrogen-bond acceptors (Lipinski definition) is 7. The van der Waals surface area contributed by atoms with Gasteiger partial charge in [0.05, 0.1) is 11.7 Å². The van der Waals surface area contributed by atoms with Gasteiger partial charge < -0.3 is 26.2 Å². The molecule has 0 saturated heterocycles. The number of amides is 1. The number of phenols is 1. The third-order valence-corrected chi connectivity index (χ3v) is 6.87. The molecule has 168 valence electrons. The van der Waals surface area contributed by atoms with E-state index in [1.807, 2.05) is 6.92 Å². The number of unbranched alkanes of at least 4 members (excludes halogenated alkanes) is 1. The SMILES string of the molecule is CCCC#Cc1ccc(O)c2c1C[C@H]1C[C@H]3CC(O)C(C(N)=O)C(=O)[C@@]3(O)C(=O)C1=C2O. The molecule has 2 unspecified atom stereocenters. The first kappa shape index (κ1) is 22.1. The Bertz CT molecular complexity index is 1130. The second-order valence-corrected chi connectivity index (χ2v) is 8.78. The molecule has 6 N–H and O–H groups in total. The van der Waals surface area contributed by atoms with E-state index in [0.717, 1.165) is 6.42 Å². The van der Waals surface area contributed by atoms with E-state index in [-0.39, 0.29) is 36.1 Å². The number of ketones is 2. The smallest absolute Gasteiger partial charge is 0.230 e. The maximum Gasteiger partial charge on any atom is 0.230 e.